The molecule has 0 unspecified atom stereocenters. The third kappa shape index (κ3) is 2.85. The average Bonchev–Trinajstić information content (AvgIpc) is 3.21. The number of aromatic nitrogens is 5. The zero-order chi connectivity index (χ0) is 21.7. The van der Waals surface area contributed by atoms with Crippen LogP contribution in [0.15, 0.2) is 33.9 Å². The van der Waals surface area contributed by atoms with Gasteiger partial charge in [0, 0.05) is 30.0 Å². The number of esters is 1. The standard InChI is InChI=1S/C20H20ClN5O4/c1-11-12(2)26-16-17(22-19(26)25(11)14-7-5-6-13(21)10-14)23(3)20(29)24(18(16)28)9-8-15(27)30-4/h5-7,10H,8-9H2,1-4H3. The van der Waals surface area contributed by atoms with E-state index in [1.807, 2.05) is 30.5 Å². The molecule has 0 N–H and O–H groups in total. The minimum atomic E-state index is -0.541. The van der Waals surface area contributed by atoms with Gasteiger partial charge in [0.25, 0.3) is 5.56 Å². The molecule has 9 nitrogen and oxygen atoms in total. The zero-order valence-electron chi connectivity index (χ0n) is 17.0. The summed E-state index contributed by atoms with van der Waals surface area (Å²) in [6.45, 7) is 3.73. The van der Waals surface area contributed by atoms with Gasteiger partial charge in [0.15, 0.2) is 11.2 Å². The molecule has 0 fully saturated rings. The topological polar surface area (TPSA) is 92.5 Å². The monoisotopic (exact) mass is 429 g/mol. The molecular formula is C20H20ClN5O4. The predicted octanol–water partition coefficient (Wildman–Crippen LogP) is 1.97. The van der Waals surface area contributed by atoms with Gasteiger partial charge in [-0.05, 0) is 32.0 Å². The number of fused-ring (bicyclic) bond motifs is 3. The van der Waals surface area contributed by atoms with E-state index in [-0.39, 0.29) is 24.1 Å². The Kier molecular flexibility index (Phi) is 4.77. The third-order valence-corrected chi connectivity index (χ3v) is 5.59. The highest BCUT2D eigenvalue weighted by molar-refractivity contribution is 6.30. The smallest absolute Gasteiger partial charge is 0.332 e. The van der Waals surface area contributed by atoms with Crippen LogP contribution in [0.5, 0.6) is 0 Å². The molecular weight excluding hydrogens is 410 g/mol. The first-order chi connectivity index (χ1) is 14.3. The van der Waals surface area contributed by atoms with Crippen LogP contribution in [0.4, 0.5) is 0 Å². The maximum atomic E-state index is 13.2. The van der Waals surface area contributed by atoms with Gasteiger partial charge in [0.1, 0.15) is 0 Å². The van der Waals surface area contributed by atoms with Crippen molar-refractivity contribution < 1.29 is 9.53 Å². The summed E-state index contributed by atoms with van der Waals surface area (Å²) in [7, 11) is 2.81. The molecule has 10 heteroatoms. The minimum Gasteiger partial charge on any atom is -0.469 e. The van der Waals surface area contributed by atoms with E-state index >= 15 is 0 Å². The van der Waals surface area contributed by atoms with Gasteiger partial charge in [-0.3, -0.25) is 27.7 Å². The second kappa shape index (κ2) is 7.17. The van der Waals surface area contributed by atoms with E-state index in [0.29, 0.717) is 10.8 Å². The van der Waals surface area contributed by atoms with Gasteiger partial charge in [0.2, 0.25) is 5.78 Å². The lowest BCUT2D eigenvalue weighted by Crippen LogP contribution is -2.40. The zero-order valence-corrected chi connectivity index (χ0v) is 17.7. The quantitative estimate of drug-likeness (QED) is 0.462. The summed E-state index contributed by atoms with van der Waals surface area (Å²) in [5.41, 5.74) is 1.99. The number of hydrogen-bond acceptors (Lipinski definition) is 5. The van der Waals surface area contributed by atoms with Crippen LogP contribution in [0, 0.1) is 13.8 Å². The van der Waals surface area contributed by atoms with Crippen molar-refractivity contribution in [2.45, 2.75) is 26.8 Å². The molecule has 0 amide bonds. The Hall–Kier alpha value is -3.33. The SMILES string of the molecule is COC(=O)CCn1c(=O)c2c(nc3n(-c4cccc(Cl)c4)c(C)c(C)n23)n(C)c1=O. The molecule has 0 saturated heterocycles. The fourth-order valence-electron chi connectivity index (χ4n) is 3.68. The molecule has 0 spiro atoms. The molecule has 0 atom stereocenters. The van der Waals surface area contributed by atoms with E-state index in [9.17, 15) is 14.4 Å². The summed E-state index contributed by atoms with van der Waals surface area (Å²) < 4.78 is 10.6. The van der Waals surface area contributed by atoms with Crippen molar-refractivity contribution in [1.29, 1.82) is 0 Å². The van der Waals surface area contributed by atoms with E-state index in [0.717, 1.165) is 21.6 Å². The van der Waals surface area contributed by atoms with E-state index < -0.39 is 17.2 Å². The Bertz CT molecular complexity index is 1440. The number of carbonyl (C=O) groups is 1. The molecule has 0 saturated carbocycles. The summed E-state index contributed by atoms with van der Waals surface area (Å²) in [5.74, 6) is 0.00157. The van der Waals surface area contributed by atoms with Gasteiger partial charge >= 0.3 is 11.7 Å². The lowest BCUT2D eigenvalue weighted by atomic mass is 10.3. The van der Waals surface area contributed by atoms with Gasteiger partial charge in [-0.2, -0.15) is 4.98 Å². The van der Waals surface area contributed by atoms with Crippen molar-refractivity contribution in [3.05, 3.63) is 61.5 Å². The van der Waals surface area contributed by atoms with Crippen LogP contribution < -0.4 is 11.2 Å². The van der Waals surface area contributed by atoms with Crippen LogP contribution in [0.3, 0.4) is 0 Å². The summed E-state index contributed by atoms with van der Waals surface area (Å²) >= 11 is 6.17. The lowest BCUT2D eigenvalue weighted by Gasteiger charge is -2.08. The molecule has 0 bridgehead atoms. The first kappa shape index (κ1) is 20.0. The highest BCUT2D eigenvalue weighted by Gasteiger charge is 2.23. The first-order valence-corrected chi connectivity index (χ1v) is 9.66. The number of methoxy groups -OCH3 is 1. The first-order valence-electron chi connectivity index (χ1n) is 9.29. The highest BCUT2D eigenvalue weighted by atomic mass is 35.5. The Labute approximate surface area is 175 Å². The Morgan fingerprint density at radius 3 is 2.60 bits per heavy atom. The number of aryl methyl sites for hydroxylation is 2. The Balaban J connectivity index is 2.07. The fraction of sp³-hybridized carbons (Fsp3) is 0.300. The molecule has 0 aliphatic heterocycles. The van der Waals surface area contributed by atoms with Crippen LogP contribution in [0.25, 0.3) is 22.6 Å². The summed E-state index contributed by atoms with van der Waals surface area (Å²) in [6, 6.07) is 7.31. The Morgan fingerprint density at radius 2 is 1.93 bits per heavy atom. The molecule has 30 heavy (non-hydrogen) atoms. The van der Waals surface area contributed by atoms with Crippen molar-refractivity contribution in [1.82, 2.24) is 23.1 Å². The van der Waals surface area contributed by atoms with E-state index in [1.165, 1.54) is 11.7 Å². The number of hydrogen-bond donors (Lipinski definition) is 0. The van der Waals surface area contributed by atoms with E-state index in [1.54, 1.807) is 23.6 Å². The van der Waals surface area contributed by atoms with E-state index in [2.05, 4.69) is 9.72 Å². The van der Waals surface area contributed by atoms with Gasteiger partial charge in [-0.1, -0.05) is 17.7 Å². The summed E-state index contributed by atoms with van der Waals surface area (Å²) in [5, 5.41) is 0.574. The van der Waals surface area contributed by atoms with Crippen molar-refractivity contribution in [2.24, 2.45) is 7.05 Å². The van der Waals surface area contributed by atoms with Gasteiger partial charge in [0.05, 0.1) is 19.2 Å². The van der Waals surface area contributed by atoms with Gasteiger partial charge in [-0.15, -0.1) is 0 Å². The molecule has 1 aromatic carbocycles. The van der Waals surface area contributed by atoms with Crippen molar-refractivity contribution >= 4 is 34.5 Å². The van der Waals surface area contributed by atoms with Crippen LogP contribution in [0.2, 0.25) is 5.02 Å². The maximum absolute atomic E-state index is 13.2. The molecule has 0 aliphatic rings. The number of nitrogens with zero attached hydrogens (tertiary/aromatic N) is 5. The number of imidazole rings is 2. The number of carbonyl (C=O) groups excluding carboxylic acids is 1. The number of ether oxygens (including phenoxy) is 1. The van der Waals surface area contributed by atoms with Gasteiger partial charge < -0.3 is 4.74 Å². The second-order valence-electron chi connectivity index (χ2n) is 7.03. The molecule has 156 valence electrons. The number of halogens is 1. The molecule has 3 aromatic heterocycles. The summed E-state index contributed by atoms with van der Waals surface area (Å²) in [4.78, 5) is 42.1. The van der Waals surface area contributed by atoms with Crippen molar-refractivity contribution in [3.8, 4) is 5.69 Å². The fourth-order valence-corrected chi connectivity index (χ4v) is 3.86. The van der Waals surface area contributed by atoms with Crippen LogP contribution in [-0.4, -0.2) is 36.2 Å². The number of benzene rings is 1. The highest BCUT2D eigenvalue weighted by Crippen LogP contribution is 2.25. The third-order valence-electron chi connectivity index (χ3n) is 5.35. The maximum Gasteiger partial charge on any atom is 0.332 e. The molecule has 0 aliphatic carbocycles. The van der Waals surface area contributed by atoms with Gasteiger partial charge in [-0.25, -0.2) is 4.79 Å². The van der Waals surface area contributed by atoms with Crippen LogP contribution >= 0.6 is 11.6 Å². The summed E-state index contributed by atoms with van der Waals surface area (Å²) in [6.07, 6.45) is -0.0827. The van der Waals surface area contributed by atoms with E-state index in [4.69, 9.17) is 11.6 Å². The molecule has 4 aromatic rings. The van der Waals surface area contributed by atoms with Crippen molar-refractivity contribution in [3.63, 3.8) is 0 Å². The minimum absolute atomic E-state index is 0.0750. The second-order valence-corrected chi connectivity index (χ2v) is 7.47. The molecule has 4 rings (SSSR count). The van der Waals surface area contributed by atoms with Crippen LogP contribution in [-0.2, 0) is 23.1 Å². The lowest BCUT2D eigenvalue weighted by molar-refractivity contribution is -0.140. The normalized spacial score (nSPS) is 11.5. The van der Waals surface area contributed by atoms with Crippen LogP contribution in [0.1, 0.15) is 17.8 Å². The molecule has 3 heterocycles. The molecule has 0 radical (unpaired) electrons. The predicted molar refractivity (Wildman–Crippen MR) is 113 cm³/mol. The largest absolute Gasteiger partial charge is 0.469 e. The average molecular weight is 430 g/mol. The Morgan fingerprint density at radius 1 is 1.20 bits per heavy atom. The number of rotatable bonds is 4. The van der Waals surface area contributed by atoms with Crippen molar-refractivity contribution in [2.75, 3.05) is 7.11 Å².